The molecule has 2 aromatic rings. The van der Waals surface area contributed by atoms with Gasteiger partial charge in [0.2, 0.25) is 0 Å². The Morgan fingerprint density at radius 2 is 2.10 bits per heavy atom. The van der Waals surface area contributed by atoms with Crippen LogP contribution in [0.1, 0.15) is 41.6 Å². The Morgan fingerprint density at radius 1 is 1.30 bits per heavy atom. The lowest BCUT2D eigenvalue weighted by Crippen LogP contribution is -2.08. The molecule has 20 heavy (non-hydrogen) atoms. The van der Waals surface area contributed by atoms with E-state index < -0.39 is 0 Å². The van der Waals surface area contributed by atoms with Gasteiger partial charge in [0.25, 0.3) is 0 Å². The topological polar surface area (TPSA) is 37.0 Å². The molecule has 0 bridgehead atoms. The molecule has 0 saturated carbocycles. The smallest absolute Gasteiger partial charge is 0.127 e. The van der Waals surface area contributed by atoms with Crippen LogP contribution in [0.25, 0.3) is 0 Å². The first kappa shape index (κ1) is 14.9. The van der Waals surface area contributed by atoms with Crippen LogP contribution in [0.3, 0.4) is 0 Å². The van der Waals surface area contributed by atoms with Crippen molar-refractivity contribution < 1.29 is 0 Å². The minimum absolute atomic E-state index is 0.307. The van der Waals surface area contributed by atoms with E-state index in [0.29, 0.717) is 6.04 Å². The largest absolute Gasteiger partial charge is 0.378 e. The second-order valence-corrected chi connectivity index (χ2v) is 6.55. The highest BCUT2D eigenvalue weighted by atomic mass is 32.1. The molecule has 3 nitrogen and oxygen atoms in total. The average molecular weight is 289 g/mol. The number of hydrogen-bond acceptors (Lipinski definition) is 4. The van der Waals surface area contributed by atoms with E-state index in [-0.39, 0.29) is 0 Å². The van der Waals surface area contributed by atoms with Crippen molar-refractivity contribution in [3.05, 3.63) is 39.7 Å². The Balaban J connectivity index is 2.07. The highest BCUT2D eigenvalue weighted by molar-refractivity contribution is 7.12. The van der Waals surface area contributed by atoms with Crippen LogP contribution in [0.4, 0.5) is 11.5 Å². The maximum atomic E-state index is 4.33. The number of rotatable bonds is 6. The SMILES string of the molecule is CCCNc1cc(NC(C)c2cc(C)sc2C)ccn1. The van der Waals surface area contributed by atoms with Crippen molar-refractivity contribution in [2.75, 3.05) is 17.2 Å². The Bertz CT molecular complexity index is 563. The van der Waals surface area contributed by atoms with Crippen LogP contribution in [0.2, 0.25) is 0 Å². The molecule has 2 aromatic heterocycles. The third-order valence-electron chi connectivity index (χ3n) is 3.25. The molecular weight excluding hydrogens is 266 g/mol. The predicted octanol–water partition coefficient (Wildman–Crippen LogP) is 4.75. The van der Waals surface area contributed by atoms with Gasteiger partial charge in [0.15, 0.2) is 0 Å². The summed E-state index contributed by atoms with van der Waals surface area (Å²) in [6.45, 7) is 9.65. The summed E-state index contributed by atoms with van der Waals surface area (Å²) in [4.78, 5) is 7.09. The Labute approximate surface area is 125 Å². The first-order chi connectivity index (χ1) is 9.60. The van der Waals surface area contributed by atoms with E-state index in [9.17, 15) is 0 Å². The Hall–Kier alpha value is -1.55. The van der Waals surface area contributed by atoms with Gasteiger partial charge in [-0.15, -0.1) is 11.3 Å². The normalized spacial score (nSPS) is 12.2. The summed E-state index contributed by atoms with van der Waals surface area (Å²) in [5.74, 6) is 0.933. The monoisotopic (exact) mass is 289 g/mol. The molecule has 2 rings (SSSR count). The highest BCUT2D eigenvalue weighted by Crippen LogP contribution is 2.28. The molecule has 0 spiro atoms. The summed E-state index contributed by atoms with van der Waals surface area (Å²) in [5, 5.41) is 6.87. The first-order valence-corrected chi connectivity index (χ1v) is 7.95. The minimum Gasteiger partial charge on any atom is -0.378 e. The molecule has 0 radical (unpaired) electrons. The van der Waals surface area contributed by atoms with E-state index in [1.54, 1.807) is 0 Å². The molecule has 0 aliphatic heterocycles. The molecule has 0 aliphatic carbocycles. The van der Waals surface area contributed by atoms with Gasteiger partial charge in [-0.05, 0) is 44.9 Å². The molecule has 1 unspecified atom stereocenters. The summed E-state index contributed by atoms with van der Waals surface area (Å²) in [5.41, 5.74) is 2.49. The summed E-state index contributed by atoms with van der Waals surface area (Å²) in [6, 6.07) is 6.67. The number of hydrogen-bond donors (Lipinski definition) is 2. The molecule has 0 saturated heterocycles. The zero-order chi connectivity index (χ0) is 14.5. The fraction of sp³-hybridized carbons (Fsp3) is 0.438. The third-order valence-corrected chi connectivity index (χ3v) is 4.23. The molecule has 108 valence electrons. The van der Waals surface area contributed by atoms with Gasteiger partial charge >= 0.3 is 0 Å². The van der Waals surface area contributed by atoms with Crippen molar-refractivity contribution in [3.8, 4) is 0 Å². The molecule has 2 heterocycles. The van der Waals surface area contributed by atoms with Crippen LogP contribution < -0.4 is 10.6 Å². The summed E-state index contributed by atoms with van der Waals surface area (Å²) in [6.07, 6.45) is 2.95. The van der Waals surface area contributed by atoms with Crippen molar-refractivity contribution >= 4 is 22.8 Å². The standard InChI is InChI=1S/C16H23N3S/c1-5-7-17-16-10-14(6-8-18-16)19-12(3)15-9-11(2)20-13(15)4/h6,8-10,12H,5,7H2,1-4H3,(H2,17,18,19). The maximum Gasteiger partial charge on any atom is 0.127 e. The van der Waals surface area contributed by atoms with Gasteiger partial charge in [-0.25, -0.2) is 4.98 Å². The van der Waals surface area contributed by atoms with Gasteiger partial charge in [-0.1, -0.05) is 6.92 Å². The fourth-order valence-electron chi connectivity index (χ4n) is 2.28. The van der Waals surface area contributed by atoms with Crippen LogP contribution in [0.15, 0.2) is 24.4 Å². The number of aromatic nitrogens is 1. The number of nitrogens with zero attached hydrogens (tertiary/aromatic N) is 1. The maximum absolute atomic E-state index is 4.33. The van der Waals surface area contributed by atoms with Crippen molar-refractivity contribution in [3.63, 3.8) is 0 Å². The predicted molar refractivity (Wildman–Crippen MR) is 88.8 cm³/mol. The van der Waals surface area contributed by atoms with E-state index in [1.807, 2.05) is 23.6 Å². The van der Waals surface area contributed by atoms with Crippen LogP contribution in [-0.4, -0.2) is 11.5 Å². The van der Waals surface area contributed by atoms with Crippen molar-refractivity contribution in [2.45, 2.75) is 40.2 Å². The van der Waals surface area contributed by atoms with E-state index in [4.69, 9.17) is 0 Å². The molecule has 0 amide bonds. The number of anilines is 2. The van der Waals surface area contributed by atoms with Crippen molar-refractivity contribution in [1.82, 2.24) is 4.98 Å². The molecule has 4 heteroatoms. The molecule has 0 aromatic carbocycles. The minimum atomic E-state index is 0.307. The molecule has 0 aliphatic rings. The zero-order valence-corrected chi connectivity index (χ0v) is 13.5. The lowest BCUT2D eigenvalue weighted by atomic mass is 10.1. The zero-order valence-electron chi connectivity index (χ0n) is 12.7. The fourth-order valence-corrected chi connectivity index (χ4v) is 3.30. The number of nitrogens with one attached hydrogen (secondary N) is 2. The lowest BCUT2D eigenvalue weighted by molar-refractivity contribution is 0.880. The lowest BCUT2D eigenvalue weighted by Gasteiger charge is -2.16. The van der Waals surface area contributed by atoms with Gasteiger partial charge in [0.05, 0.1) is 0 Å². The molecular formula is C16H23N3S. The first-order valence-electron chi connectivity index (χ1n) is 7.13. The van der Waals surface area contributed by atoms with Gasteiger partial charge in [0.1, 0.15) is 5.82 Å². The number of pyridine rings is 1. The number of thiophene rings is 1. The Kier molecular flexibility index (Phi) is 5.01. The summed E-state index contributed by atoms with van der Waals surface area (Å²) in [7, 11) is 0. The van der Waals surface area contributed by atoms with Gasteiger partial charge in [-0.2, -0.15) is 0 Å². The average Bonchev–Trinajstić information content (AvgIpc) is 2.76. The van der Waals surface area contributed by atoms with Crippen LogP contribution in [0.5, 0.6) is 0 Å². The van der Waals surface area contributed by atoms with Crippen LogP contribution >= 0.6 is 11.3 Å². The summed E-state index contributed by atoms with van der Waals surface area (Å²) >= 11 is 1.86. The highest BCUT2D eigenvalue weighted by Gasteiger charge is 2.11. The number of aryl methyl sites for hydroxylation is 2. The van der Waals surface area contributed by atoms with Crippen LogP contribution in [0, 0.1) is 13.8 Å². The van der Waals surface area contributed by atoms with Gasteiger partial charge in [0, 0.05) is 40.3 Å². The van der Waals surface area contributed by atoms with Gasteiger partial charge < -0.3 is 10.6 Å². The van der Waals surface area contributed by atoms with E-state index in [0.717, 1.165) is 24.5 Å². The molecule has 1 atom stereocenters. The van der Waals surface area contributed by atoms with Gasteiger partial charge in [-0.3, -0.25) is 0 Å². The quantitative estimate of drug-likeness (QED) is 0.805. The van der Waals surface area contributed by atoms with Crippen molar-refractivity contribution in [1.29, 1.82) is 0 Å². The third kappa shape index (κ3) is 3.73. The second kappa shape index (κ2) is 6.75. The molecule has 0 fully saturated rings. The Morgan fingerprint density at radius 3 is 2.75 bits per heavy atom. The van der Waals surface area contributed by atoms with E-state index >= 15 is 0 Å². The van der Waals surface area contributed by atoms with Crippen molar-refractivity contribution in [2.24, 2.45) is 0 Å². The van der Waals surface area contributed by atoms with E-state index in [2.05, 4.69) is 55.4 Å². The van der Waals surface area contributed by atoms with Crippen LogP contribution in [-0.2, 0) is 0 Å². The second-order valence-electron chi connectivity index (χ2n) is 5.09. The summed E-state index contributed by atoms with van der Waals surface area (Å²) < 4.78 is 0. The molecule has 2 N–H and O–H groups in total. The van der Waals surface area contributed by atoms with E-state index in [1.165, 1.54) is 15.3 Å².